The first-order chi connectivity index (χ1) is 17.0. The topological polar surface area (TPSA) is 69.3 Å². The summed E-state index contributed by atoms with van der Waals surface area (Å²) in [6.45, 7) is 5.48. The number of nitrogens with one attached hydrogen (secondary N) is 1. The van der Waals surface area contributed by atoms with Crippen LogP contribution in [-0.2, 0) is 17.7 Å². The standard InChI is InChI=1S/C27H37FN2O5/c1-20-6-7-24(35-15-14-34-13-9-28)23(16-20)27(31)29-10-4-5-11-30-12-8-21-17-25(32-2)26(33-3)18-22(21)19-30/h6-7,16-18H,4-5,8-15,19H2,1-3H3,(H,29,31)/i28-1. The highest BCUT2D eigenvalue weighted by atomic mass is 18.2. The number of hydrogen-bond donors (Lipinski definition) is 1. The molecule has 0 aromatic heterocycles. The van der Waals surface area contributed by atoms with E-state index in [0.29, 0.717) is 17.9 Å². The Morgan fingerprint density at radius 2 is 1.77 bits per heavy atom. The number of aryl methyl sites for hydroxylation is 1. The minimum atomic E-state index is -0.521. The number of ether oxygens (including phenoxy) is 4. The average molecular weight is 488 g/mol. The fourth-order valence-corrected chi connectivity index (χ4v) is 4.20. The second kappa shape index (κ2) is 13.9. The van der Waals surface area contributed by atoms with Gasteiger partial charge in [0.05, 0.1) is 33.0 Å². The van der Waals surface area contributed by atoms with Gasteiger partial charge in [0.15, 0.2) is 11.5 Å². The highest BCUT2D eigenvalue weighted by Gasteiger charge is 2.19. The summed E-state index contributed by atoms with van der Waals surface area (Å²) in [6.07, 6.45) is 2.87. The zero-order valence-corrected chi connectivity index (χ0v) is 21.0. The summed E-state index contributed by atoms with van der Waals surface area (Å²) in [5, 5.41) is 3.01. The van der Waals surface area contributed by atoms with E-state index < -0.39 is 6.67 Å². The Bertz CT molecular complexity index is 969. The number of hydrogen-bond acceptors (Lipinski definition) is 6. The number of carbonyl (C=O) groups excluding carboxylic acids is 1. The van der Waals surface area contributed by atoms with Crippen LogP contribution < -0.4 is 19.5 Å². The molecule has 0 spiro atoms. The summed E-state index contributed by atoms with van der Waals surface area (Å²) in [5.74, 6) is 1.91. The first-order valence-corrected chi connectivity index (χ1v) is 12.2. The van der Waals surface area contributed by atoms with Crippen molar-refractivity contribution < 1.29 is 28.1 Å². The number of fused-ring (bicyclic) bond motifs is 1. The molecule has 8 heteroatoms. The predicted octanol–water partition coefficient (Wildman–Crippen LogP) is 3.95. The molecular weight excluding hydrogens is 450 g/mol. The number of amides is 1. The van der Waals surface area contributed by atoms with Gasteiger partial charge in [0.1, 0.15) is 19.0 Å². The van der Waals surface area contributed by atoms with Crippen molar-refractivity contribution in [2.75, 3.05) is 60.3 Å². The quantitative estimate of drug-likeness (QED) is 0.407. The number of halogens is 1. The predicted molar refractivity (Wildman–Crippen MR) is 134 cm³/mol. The molecule has 3 rings (SSSR count). The Kier molecular flexibility index (Phi) is 10.6. The molecular formula is C27H37FN2O5. The van der Waals surface area contributed by atoms with Crippen LogP contribution in [0.4, 0.5) is 4.39 Å². The Labute approximate surface area is 207 Å². The van der Waals surface area contributed by atoms with Gasteiger partial charge in [0.25, 0.3) is 5.91 Å². The molecule has 1 aliphatic rings. The highest BCUT2D eigenvalue weighted by Crippen LogP contribution is 2.33. The minimum absolute atomic E-state index is 0.0531. The molecule has 1 heterocycles. The summed E-state index contributed by atoms with van der Waals surface area (Å²) in [4.78, 5) is 15.2. The molecule has 2 aromatic carbocycles. The van der Waals surface area contributed by atoms with Gasteiger partial charge in [-0.2, -0.15) is 0 Å². The van der Waals surface area contributed by atoms with E-state index in [9.17, 15) is 9.18 Å². The molecule has 0 atom stereocenters. The SMILES string of the molecule is COc1cc2c(cc1OC)CN(CCCCNC(=O)c1cc(C)ccc1OCCOCC[18F])CC2. The minimum Gasteiger partial charge on any atom is -0.493 e. The van der Waals surface area contributed by atoms with E-state index in [2.05, 4.69) is 22.3 Å². The number of methoxy groups -OCH3 is 2. The van der Waals surface area contributed by atoms with Gasteiger partial charge in [-0.1, -0.05) is 11.6 Å². The summed E-state index contributed by atoms with van der Waals surface area (Å²) in [7, 11) is 3.33. The number of carbonyl (C=O) groups is 1. The molecule has 0 saturated carbocycles. The molecule has 1 amide bonds. The number of nitrogens with zero attached hydrogens (tertiary/aromatic N) is 1. The molecule has 7 nitrogen and oxygen atoms in total. The third kappa shape index (κ3) is 7.83. The first kappa shape index (κ1) is 26.8. The number of alkyl halides is 1. The van der Waals surface area contributed by atoms with Gasteiger partial charge >= 0.3 is 0 Å². The van der Waals surface area contributed by atoms with E-state index >= 15 is 0 Å². The van der Waals surface area contributed by atoms with Crippen molar-refractivity contribution in [3.8, 4) is 17.2 Å². The maximum absolute atomic E-state index is 12.8. The maximum Gasteiger partial charge on any atom is 0.255 e. The van der Waals surface area contributed by atoms with Crippen LogP contribution in [0.2, 0.25) is 0 Å². The summed E-state index contributed by atoms with van der Waals surface area (Å²) < 4.78 is 33.8. The van der Waals surface area contributed by atoms with Crippen LogP contribution in [0, 0.1) is 6.92 Å². The lowest BCUT2D eigenvalue weighted by Crippen LogP contribution is -2.32. The van der Waals surface area contributed by atoms with Crippen molar-refractivity contribution in [2.24, 2.45) is 0 Å². The van der Waals surface area contributed by atoms with Crippen LogP contribution in [0.25, 0.3) is 0 Å². The van der Waals surface area contributed by atoms with E-state index in [0.717, 1.165) is 56.0 Å². The fraction of sp³-hybridized carbons (Fsp3) is 0.519. The number of benzene rings is 2. The molecule has 0 radical (unpaired) electrons. The molecule has 1 N–H and O–H groups in total. The smallest absolute Gasteiger partial charge is 0.255 e. The Morgan fingerprint density at radius 1 is 1.00 bits per heavy atom. The van der Waals surface area contributed by atoms with Gasteiger partial charge in [0, 0.05) is 19.6 Å². The van der Waals surface area contributed by atoms with Crippen LogP contribution in [0.5, 0.6) is 17.2 Å². The van der Waals surface area contributed by atoms with Gasteiger partial charge < -0.3 is 24.3 Å². The maximum atomic E-state index is 12.8. The van der Waals surface area contributed by atoms with E-state index in [1.54, 1.807) is 20.3 Å². The molecule has 0 fully saturated rings. The monoisotopic (exact) mass is 487 g/mol. The second-order valence-corrected chi connectivity index (χ2v) is 8.61. The van der Waals surface area contributed by atoms with Crippen molar-refractivity contribution in [1.29, 1.82) is 0 Å². The Balaban J connectivity index is 1.42. The second-order valence-electron chi connectivity index (χ2n) is 8.61. The summed E-state index contributed by atoms with van der Waals surface area (Å²) in [5.41, 5.74) is 4.09. The van der Waals surface area contributed by atoms with E-state index in [-0.39, 0.29) is 25.7 Å². The molecule has 2 aromatic rings. The molecule has 192 valence electrons. The zero-order chi connectivity index (χ0) is 25.0. The summed E-state index contributed by atoms with van der Waals surface area (Å²) in [6, 6.07) is 9.67. The van der Waals surface area contributed by atoms with Gasteiger partial charge in [-0.25, -0.2) is 4.39 Å². The summed E-state index contributed by atoms with van der Waals surface area (Å²) >= 11 is 0. The molecule has 35 heavy (non-hydrogen) atoms. The number of rotatable bonds is 14. The third-order valence-electron chi connectivity index (χ3n) is 6.07. The van der Waals surface area contributed by atoms with Gasteiger partial charge in [-0.15, -0.1) is 0 Å². The highest BCUT2D eigenvalue weighted by molar-refractivity contribution is 5.97. The molecule has 0 unspecified atom stereocenters. The van der Waals surface area contributed by atoms with Crippen molar-refractivity contribution in [3.05, 3.63) is 52.6 Å². The lowest BCUT2D eigenvalue weighted by atomic mass is 9.98. The largest absolute Gasteiger partial charge is 0.493 e. The third-order valence-corrected chi connectivity index (χ3v) is 6.07. The molecule has 0 saturated heterocycles. The fourth-order valence-electron chi connectivity index (χ4n) is 4.20. The number of unbranched alkanes of at least 4 members (excludes halogenated alkanes) is 1. The zero-order valence-electron chi connectivity index (χ0n) is 21.0. The first-order valence-electron chi connectivity index (χ1n) is 12.2. The Morgan fingerprint density at radius 3 is 2.51 bits per heavy atom. The average Bonchev–Trinajstić information content (AvgIpc) is 2.87. The van der Waals surface area contributed by atoms with Gasteiger partial charge in [-0.05, 0) is 68.1 Å². The van der Waals surface area contributed by atoms with Gasteiger partial charge in [-0.3, -0.25) is 9.69 Å². The van der Waals surface area contributed by atoms with E-state index in [4.69, 9.17) is 18.9 Å². The molecule has 0 bridgehead atoms. The van der Waals surface area contributed by atoms with E-state index in [1.165, 1.54) is 11.1 Å². The van der Waals surface area contributed by atoms with E-state index in [1.807, 2.05) is 19.1 Å². The lowest BCUT2D eigenvalue weighted by molar-refractivity contribution is 0.0872. The van der Waals surface area contributed by atoms with Crippen molar-refractivity contribution in [2.45, 2.75) is 32.7 Å². The lowest BCUT2D eigenvalue weighted by Gasteiger charge is -2.29. The normalized spacial score (nSPS) is 13.3. The van der Waals surface area contributed by atoms with Crippen molar-refractivity contribution in [1.82, 2.24) is 10.2 Å². The van der Waals surface area contributed by atoms with Crippen molar-refractivity contribution >= 4 is 5.91 Å². The van der Waals surface area contributed by atoms with Crippen LogP contribution in [-0.4, -0.2) is 71.2 Å². The van der Waals surface area contributed by atoms with Crippen molar-refractivity contribution in [3.63, 3.8) is 0 Å². The Hall–Kier alpha value is -2.84. The molecule has 1 aliphatic heterocycles. The van der Waals surface area contributed by atoms with Crippen LogP contribution in [0.15, 0.2) is 30.3 Å². The van der Waals surface area contributed by atoms with Gasteiger partial charge in [0.2, 0.25) is 0 Å². The molecule has 0 aliphatic carbocycles. The van der Waals surface area contributed by atoms with Crippen LogP contribution in [0.1, 0.15) is 39.9 Å². The van der Waals surface area contributed by atoms with Crippen LogP contribution in [0.3, 0.4) is 0 Å². The van der Waals surface area contributed by atoms with Crippen LogP contribution >= 0.6 is 0 Å².